The van der Waals surface area contributed by atoms with E-state index in [1.54, 1.807) is 29.3 Å². The molecule has 3 aromatic heterocycles. The lowest BCUT2D eigenvalue weighted by molar-refractivity contribution is 0.0742. The van der Waals surface area contributed by atoms with Crippen molar-refractivity contribution in [3.8, 4) is 5.82 Å². The molecule has 5 rings (SSSR count). The van der Waals surface area contributed by atoms with Crippen molar-refractivity contribution in [3.63, 3.8) is 0 Å². The van der Waals surface area contributed by atoms with Crippen molar-refractivity contribution in [2.45, 2.75) is 6.92 Å². The number of benzene rings is 1. The van der Waals surface area contributed by atoms with Gasteiger partial charge in [0.1, 0.15) is 17.0 Å². The quantitative estimate of drug-likeness (QED) is 0.472. The van der Waals surface area contributed by atoms with Crippen LogP contribution in [-0.4, -0.2) is 56.7 Å². The molecule has 31 heavy (non-hydrogen) atoms. The number of hydrogen-bond donors (Lipinski definition) is 0. The number of anilines is 1. The molecule has 0 spiro atoms. The van der Waals surface area contributed by atoms with Crippen LogP contribution in [0, 0.1) is 6.92 Å². The predicted molar refractivity (Wildman–Crippen MR) is 114 cm³/mol. The number of hydrogen-bond acceptors (Lipinski definition) is 7. The van der Waals surface area contributed by atoms with Gasteiger partial charge in [0.05, 0.1) is 0 Å². The number of carbonyl (C=O) groups excluding carboxylic acids is 1. The molecule has 1 fully saturated rings. The van der Waals surface area contributed by atoms with Crippen LogP contribution in [0.5, 0.6) is 0 Å². The topological polar surface area (TPSA) is 97.4 Å². The zero-order chi connectivity index (χ0) is 21.4. The van der Waals surface area contributed by atoms with Crippen LogP contribution < -0.4 is 10.5 Å². The van der Waals surface area contributed by atoms with E-state index in [1.165, 1.54) is 0 Å². The molecule has 1 amide bonds. The summed E-state index contributed by atoms with van der Waals surface area (Å²) in [5, 5.41) is 9.36. The Morgan fingerprint density at radius 1 is 1.00 bits per heavy atom. The van der Waals surface area contributed by atoms with E-state index in [-0.39, 0.29) is 11.5 Å². The van der Waals surface area contributed by atoms with Crippen LogP contribution in [0.2, 0.25) is 0 Å². The first kappa shape index (κ1) is 19.0. The summed E-state index contributed by atoms with van der Waals surface area (Å²) in [6, 6.07) is 12.6. The third-order valence-electron chi connectivity index (χ3n) is 5.47. The fourth-order valence-corrected chi connectivity index (χ4v) is 3.76. The maximum atomic E-state index is 12.9. The molecule has 0 saturated carbocycles. The van der Waals surface area contributed by atoms with Crippen LogP contribution in [0.1, 0.15) is 16.2 Å². The van der Waals surface area contributed by atoms with E-state index in [2.05, 4.69) is 20.1 Å². The molecule has 1 aliphatic heterocycles. The molecular weight excluding hydrogens is 396 g/mol. The molecule has 0 N–H and O–H groups in total. The van der Waals surface area contributed by atoms with Gasteiger partial charge in [-0.1, -0.05) is 18.2 Å². The van der Waals surface area contributed by atoms with Gasteiger partial charge in [0.15, 0.2) is 11.6 Å². The van der Waals surface area contributed by atoms with E-state index < -0.39 is 5.63 Å². The largest absolute Gasteiger partial charge is 0.422 e. The van der Waals surface area contributed by atoms with Gasteiger partial charge < -0.3 is 14.2 Å². The summed E-state index contributed by atoms with van der Waals surface area (Å²) in [7, 11) is 0. The van der Waals surface area contributed by atoms with Gasteiger partial charge in [0, 0.05) is 44.0 Å². The lowest BCUT2D eigenvalue weighted by atomic mass is 10.1. The Bertz CT molecular complexity index is 1300. The summed E-state index contributed by atoms with van der Waals surface area (Å²) >= 11 is 0. The summed E-state index contributed by atoms with van der Waals surface area (Å²) in [5.41, 5.74) is -0.0730. The van der Waals surface area contributed by atoms with E-state index in [9.17, 15) is 9.59 Å². The van der Waals surface area contributed by atoms with Crippen molar-refractivity contribution in [1.82, 2.24) is 24.6 Å². The number of nitrogens with zero attached hydrogens (tertiary/aromatic N) is 6. The van der Waals surface area contributed by atoms with E-state index in [4.69, 9.17) is 4.42 Å². The van der Waals surface area contributed by atoms with Gasteiger partial charge in [0.25, 0.3) is 5.91 Å². The first-order valence-corrected chi connectivity index (χ1v) is 10.0. The van der Waals surface area contributed by atoms with E-state index >= 15 is 0 Å². The second-order valence-corrected chi connectivity index (χ2v) is 7.36. The van der Waals surface area contributed by atoms with Crippen molar-refractivity contribution in [2.24, 2.45) is 0 Å². The number of aryl methyl sites for hydroxylation is 1. The average Bonchev–Trinajstić information content (AvgIpc) is 3.24. The van der Waals surface area contributed by atoms with Gasteiger partial charge >= 0.3 is 5.63 Å². The zero-order valence-corrected chi connectivity index (χ0v) is 16.9. The second-order valence-electron chi connectivity index (χ2n) is 7.36. The third-order valence-corrected chi connectivity index (χ3v) is 5.47. The van der Waals surface area contributed by atoms with Crippen LogP contribution >= 0.6 is 0 Å². The summed E-state index contributed by atoms with van der Waals surface area (Å²) < 4.78 is 7.17. The Hall–Kier alpha value is -4.01. The molecule has 0 aliphatic carbocycles. The molecule has 0 bridgehead atoms. The second kappa shape index (κ2) is 7.67. The minimum absolute atomic E-state index is 0.0620. The smallest absolute Gasteiger partial charge is 0.349 e. The first-order valence-electron chi connectivity index (χ1n) is 10.0. The highest BCUT2D eigenvalue weighted by Crippen LogP contribution is 2.17. The fourth-order valence-electron chi connectivity index (χ4n) is 3.76. The van der Waals surface area contributed by atoms with Crippen LogP contribution in [0.4, 0.5) is 5.82 Å². The lowest BCUT2D eigenvalue weighted by Crippen LogP contribution is -2.49. The lowest BCUT2D eigenvalue weighted by Gasteiger charge is -2.35. The van der Waals surface area contributed by atoms with Crippen molar-refractivity contribution in [2.75, 3.05) is 31.1 Å². The molecule has 0 unspecified atom stereocenters. The molecule has 0 radical (unpaired) electrons. The Kier molecular flexibility index (Phi) is 4.70. The molecule has 156 valence electrons. The molecule has 1 saturated heterocycles. The molecule has 0 atom stereocenters. The molecule has 9 heteroatoms. The van der Waals surface area contributed by atoms with Crippen LogP contribution in [-0.2, 0) is 0 Å². The van der Waals surface area contributed by atoms with Crippen LogP contribution in [0.15, 0.2) is 64.1 Å². The molecular formula is C22H20N6O3. The van der Waals surface area contributed by atoms with E-state index in [0.717, 1.165) is 17.0 Å². The summed E-state index contributed by atoms with van der Waals surface area (Å²) in [5.74, 6) is 1.98. The SMILES string of the molecule is Cc1nccn1-c1ccc(N2CCN(C(=O)c3cc4ccccc4oc3=O)CC2)nn1. The van der Waals surface area contributed by atoms with Crippen molar-refractivity contribution >= 4 is 22.7 Å². The summed E-state index contributed by atoms with van der Waals surface area (Å²) in [6.07, 6.45) is 3.56. The molecule has 4 aromatic rings. The van der Waals surface area contributed by atoms with Gasteiger partial charge in [-0.2, -0.15) is 0 Å². The monoisotopic (exact) mass is 416 g/mol. The predicted octanol–water partition coefficient (Wildman–Crippen LogP) is 2.04. The van der Waals surface area contributed by atoms with Gasteiger partial charge in [-0.15, -0.1) is 10.2 Å². The third kappa shape index (κ3) is 3.54. The minimum atomic E-state index is -0.609. The van der Waals surface area contributed by atoms with E-state index in [0.29, 0.717) is 37.6 Å². The fraction of sp³-hybridized carbons (Fsp3) is 0.227. The number of imidazole rings is 1. The Balaban J connectivity index is 1.28. The van der Waals surface area contributed by atoms with E-state index in [1.807, 2.05) is 42.0 Å². The molecule has 4 heterocycles. The van der Waals surface area contributed by atoms with Gasteiger partial charge in [-0.25, -0.2) is 9.78 Å². The number of piperazine rings is 1. The number of carbonyl (C=O) groups is 1. The highest BCUT2D eigenvalue weighted by Gasteiger charge is 2.25. The normalized spacial score (nSPS) is 14.2. The van der Waals surface area contributed by atoms with Gasteiger partial charge in [-0.05, 0) is 31.2 Å². The van der Waals surface area contributed by atoms with Crippen molar-refractivity contribution < 1.29 is 9.21 Å². The molecule has 9 nitrogen and oxygen atoms in total. The van der Waals surface area contributed by atoms with Gasteiger partial charge in [-0.3, -0.25) is 9.36 Å². The minimum Gasteiger partial charge on any atom is -0.422 e. The van der Waals surface area contributed by atoms with Crippen LogP contribution in [0.3, 0.4) is 0 Å². The highest BCUT2D eigenvalue weighted by molar-refractivity contribution is 5.96. The first-order chi connectivity index (χ1) is 15.1. The Morgan fingerprint density at radius 2 is 1.74 bits per heavy atom. The number of amides is 1. The number of aromatic nitrogens is 4. The van der Waals surface area contributed by atoms with Crippen molar-refractivity contribution in [3.05, 3.63) is 76.7 Å². The Morgan fingerprint density at radius 3 is 2.45 bits per heavy atom. The average molecular weight is 416 g/mol. The Labute approximate surface area is 177 Å². The van der Waals surface area contributed by atoms with Gasteiger partial charge in [0.2, 0.25) is 0 Å². The zero-order valence-electron chi connectivity index (χ0n) is 16.9. The standard InChI is InChI=1S/C22H20N6O3/c1-15-23-8-9-28(15)20-7-6-19(24-25-20)26-10-12-27(13-11-26)21(29)17-14-16-4-2-3-5-18(16)31-22(17)30/h2-9,14H,10-13H2,1H3. The maximum absolute atomic E-state index is 12.9. The number of fused-ring (bicyclic) bond motifs is 1. The number of para-hydroxylation sites is 1. The summed E-state index contributed by atoms with van der Waals surface area (Å²) in [4.78, 5) is 33.2. The highest BCUT2D eigenvalue weighted by atomic mass is 16.4. The molecule has 1 aromatic carbocycles. The number of rotatable bonds is 3. The van der Waals surface area contributed by atoms with Crippen LogP contribution in [0.25, 0.3) is 16.8 Å². The van der Waals surface area contributed by atoms with Crippen molar-refractivity contribution in [1.29, 1.82) is 0 Å². The summed E-state index contributed by atoms with van der Waals surface area (Å²) in [6.45, 7) is 4.07. The molecule has 1 aliphatic rings. The maximum Gasteiger partial charge on any atom is 0.349 e.